The molecule has 1 aromatic rings. The van der Waals surface area contributed by atoms with E-state index >= 15 is 0 Å². The van der Waals surface area contributed by atoms with E-state index in [9.17, 15) is 4.79 Å². The first-order valence-electron chi connectivity index (χ1n) is 6.25. The Bertz CT molecular complexity index is 351. The standard InChI is InChI=1S/C14H22N2O.ClH/c1-3-12-6-8-13(9-7-12)11(2)16-14(17)5-4-10-15;/h6-9,11H,3-5,10,15H2,1-2H3,(H,16,17);1H. The minimum atomic E-state index is 0. The summed E-state index contributed by atoms with van der Waals surface area (Å²) in [6, 6.07) is 8.43. The zero-order chi connectivity index (χ0) is 12.7. The van der Waals surface area contributed by atoms with Crippen LogP contribution in [0, 0.1) is 0 Å². The van der Waals surface area contributed by atoms with Gasteiger partial charge in [0.05, 0.1) is 6.04 Å². The van der Waals surface area contributed by atoms with E-state index in [0.717, 1.165) is 18.4 Å². The van der Waals surface area contributed by atoms with Crippen molar-refractivity contribution in [1.29, 1.82) is 0 Å². The van der Waals surface area contributed by atoms with Gasteiger partial charge in [-0.25, -0.2) is 0 Å². The lowest BCUT2D eigenvalue weighted by molar-refractivity contribution is -0.121. The van der Waals surface area contributed by atoms with E-state index in [-0.39, 0.29) is 24.4 Å². The maximum atomic E-state index is 11.5. The van der Waals surface area contributed by atoms with Gasteiger partial charge in [-0.1, -0.05) is 31.2 Å². The average molecular weight is 271 g/mol. The van der Waals surface area contributed by atoms with E-state index < -0.39 is 0 Å². The number of rotatable bonds is 6. The highest BCUT2D eigenvalue weighted by Gasteiger charge is 2.08. The molecule has 3 N–H and O–H groups in total. The van der Waals surface area contributed by atoms with Crippen molar-refractivity contribution >= 4 is 18.3 Å². The fourth-order valence-corrected chi connectivity index (χ4v) is 1.70. The lowest BCUT2D eigenvalue weighted by atomic mass is 10.0. The molecule has 0 aliphatic carbocycles. The van der Waals surface area contributed by atoms with Crippen molar-refractivity contribution < 1.29 is 4.79 Å². The number of aryl methyl sites for hydroxylation is 1. The molecule has 0 aliphatic heterocycles. The van der Waals surface area contributed by atoms with Crippen LogP contribution in [0.3, 0.4) is 0 Å². The fourth-order valence-electron chi connectivity index (χ4n) is 1.70. The van der Waals surface area contributed by atoms with Gasteiger partial charge in [0.25, 0.3) is 0 Å². The number of benzene rings is 1. The molecule has 0 saturated carbocycles. The van der Waals surface area contributed by atoms with E-state index in [1.807, 2.05) is 6.92 Å². The maximum absolute atomic E-state index is 11.5. The second-order valence-corrected chi connectivity index (χ2v) is 4.28. The Morgan fingerprint density at radius 3 is 2.44 bits per heavy atom. The van der Waals surface area contributed by atoms with Crippen molar-refractivity contribution in [3.63, 3.8) is 0 Å². The summed E-state index contributed by atoms with van der Waals surface area (Å²) < 4.78 is 0. The molecule has 0 heterocycles. The molecule has 0 aromatic heterocycles. The first-order valence-corrected chi connectivity index (χ1v) is 6.25. The molecule has 1 unspecified atom stereocenters. The number of nitrogens with one attached hydrogen (secondary N) is 1. The smallest absolute Gasteiger partial charge is 0.220 e. The molecule has 1 aromatic carbocycles. The number of nitrogens with two attached hydrogens (primary N) is 1. The Kier molecular flexibility index (Phi) is 8.42. The molecule has 102 valence electrons. The summed E-state index contributed by atoms with van der Waals surface area (Å²) in [5.41, 5.74) is 7.83. The monoisotopic (exact) mass is 270 g/mol. The van der Waals surface area contributed by atoms with Crippen LogP contribution in [-0.2, 0) is 11.2 Å². The van der Waals surface area contributed by atoms with E-state index in [1.165, 1.54) is 5.56 Å². The average Bonchev–Trinajstić information content (AvgIpc) is 2.36. The van der Waals surface area contributed by atoms with Crippen molar-refractivity contribution in [2.75, 3.05) is 6.54 Å². The van der Waals surface area contributed by atoms with Crippen LogP contribution in [0.4, 0.5) is 0 Å². The van der Waals surface area contributed by atoms with Gasteiger partial charge in [0.2, 0.25) is 5.91 Å². The van der Waals surface area contributed by atoms with Gasteiger partial charge >= 0.3 is 0 Å². The summed E-state index contributed by atoms with van der Waals surface area (Å²) in [4.78, 5) is 11.5. The minimum Gasteiger partial charge on any atom is -0.350 e. The van der Waals surface area contributed by atoms with Gasteiger partial charge in [0.15, 0.2) is 0 Å². The van der Waals surface area contributed by atoms with Gasteiger partial charge in [0.1, 0.15) is 0 Å². The Morgan fingerprint density at radius 2 is 1.94 bits per heavy atom. The van der Waals surface area contributed by atoms with Crippen LogP contribution in [0.1, 0.15) is 43.9 Å². The molecule has 3 nitrogen and oxygen atoms in total. The van der Waals surface area contributed by atoms with Crippen LogP contribution in [0.15, 0.2) is 24.3 Å². The van der Waals surface area contributed by atoms with E-state index in [0.29, 0.717) is 13.0 Å². The molecule has 0 spiro atoms. The summed E-state index contributed by atoms with van der Waals surface area (Å²) in [5.74, 6) is 0.0718. The third-order valence-electron chi connectivity index (χ3n) is 2.87. The predicted molar refractivity (Wildman–Crippen MR) is 77.9 cm³/mol. The van der Waals surface area contributed by atoms with Crippen molar-refractivity contribution in [2.24, 2.45) is 5.73 Å². The Morgan fingerprint density at radius 1 is 1.33 bits per heavy atom. The maximum Gasteiger partial charge on any atom is 0.220 e. The molecule has 1 amide bonds. The Balaban J connectivity index is 0.00000289. The number of hydrogen-bond donors (Lipinski definition) is 2. The quantitative estimate of drug-likeness (QED) is 0.835. The molecule has 0 saturated heterocycles. The molecule has 1 rings (SSSR count). The summed E-state index contributed by atoms with van der Waals surface area (Å²) in [6.45, 7) is 4.70. The summed E-state index contributed by atoms with van der Waals surface area (Å²) >= 11 is 0. The highest BCUT2D eigenvalue weighted by molar-refractivity contribution is 5.85. The number of halogens is 1. The van der Waals surface area contributed by atoms with Crippen LogP contribution < -0.4 is 11.1 Å². The number of hydrogen-bond acceptors (Lipinski definition) is 2. The van der Waals surface area contributed by atoms with Crippen LogP contribution >= 0.6 is 12.4 Å². The number of carbonyl (C=O) groups excluding carboxylic acids is 1. The van der Waals surface area contributed by atoms with Crippen LogP contribution in [0.2, 0.25) is 0 Å². The van der Waals surface area contributed by atoms with E-state index in [4.69, 9.17) is 5.73 Å². The van der Waals surface area contributed by atoms with Crippen molar-refractivity contribution in [3.05, 3.63) is 35.4 Å². The second-order valence-electron chi connectivity index (χ2n) is 4.28. The highest BCUT2D eigenvalue weighted by atomic mass is 35.5. The Hall–Kier alpha value is -1.06. The van der Waals surface area contributed by atoms with Crippen LogP contribution in [0.25, 0.3) is 0 Å². The third-order valence-corrected chi connectivity index (χ3v) is 2.87. The lowest BCUT2D eigenvalue weighted by Gasteiger charge is -2.14. The molecular weight excluding hydrogens is 248 g/mol. The number of amides is 1. The van der Waals surface area contributed by atoms with Crippen LogP contribution in [0.5, 0.6) is 0 Å². The van der Waals surface area contributed by atoms with Crippen molar-refractivity contribution in [3.8, 4) is 0 Å². The van der Waals surface area contributed by atoms with Crippen molar-refractivity contribution in [2.45, 2.75) is 39.2 Å². The first-order chi connectivity index (χ1) is 8.17. The Labute approximate surface area is 116 Å². The zero-order valence-electron chi connectivity index (χ0n) is 11.1. The summed E-state index contributed by atoms with van der Waals surface area (Å²) in [6.07, 6.45) is 2.29. The zero-order valence-corrected chi connectivity index (χ0v) is 11.9. The molecule has 0 aliphatic rings. The van der Waals surface area contributed by atoms with Gasteiger partial charge in [-0.15, -0.1) is 12.4 Å². The van der Waals surface area contributed by atoms with E-state index in [2.05, 4.69) is 36.5 Å². The normalized spacial score (nSPS) is 11.5. The number of carbonyl (C=O) groups is 1. The molecule has 18 heavy (non-hydrogen) atoms. The highest BCUT2D eigenvalue weighted by Crippen LogP contribution is 2.13. The van der Waals surface area contributed by atoms with Gasteiger partial charge in [-0.2, -0.15) is 0 Å². The minimum absolute atomic E-state index is 0. The summed E-state index contributed by atoms with van der Waals surface area (Å²) in [5, 5.41) is 2.97. The molecule has 1 atom stereocenters. The van der Waals surface area contributed by atoms with Crippen LogP contribution in [-0.4, -0.2) is 12.5 Å². The van der Waals surface area contributed by atoms with E-state index in [1.54, 1.807) is 0 Å². The third kappa shape index (κ3) is 5.52. The second kappa shape index (κ2) is 8.95. The predicted octanol–water partition coefficient (Wildman–Crippen LogP) is 2.59. The SMILES string of the molecule is CCc1ccc(C(C)NC(=O)CCCN)cc1.Cl. The van der Waals surface area contributed by atoms with Gasteiger partial charge in [0, 0.05) is 6.42 Å². The molecule has 0 fully saturated rings. The molecular formula is C14H23ClN2O. The van der Waals surface area contributed by atoms with Gasteiger partial charge in [-0.05, 0) is 37.4 Å². The van der Waals surface area contributed by atoms with Crippen molar-refractivity contribution in [1.82, 2.24) is 5.32 Å². The largest absolute Gasteiger partial charge is 0.350 e. The fraction of sp³-hybridized carbons (Fsp3) is 0.500. The first kappa shape index (κ1) is 16.9. The summed E-state index contributed by atoms with van der Waals surface area (Å²) in [7, 11) is 0. The topological polar surface area (TPSA) is 55.1 Å². The van der Waals surface area contributed by atoms with Gasteiger partial charge < -0.3 is 11.1 Å². The molecule has 4 heteroatoms. The van der Waals surface area contributed by atoms with Gasteiger partial charge in [-0.3, -0.25) is 4.79 Å². The molecule has 0 bridgehead atoms. The molecule has 0 radical (unpaired) electrons. The lowest BCUT2D eigenvalue weighted by Crippen LogP contribution is -2.26.